The van der Waals surface area contributed by atoms with Crippen LogP contribution in [0.15, 0.2) is 24.3 Å². The molecule has 0 aromatic heterocycles. The first kappa shape index (κ1) is 37.2. The number of esters is 4. The molecular weight excluding hydrogens is 564 g/mol. The number of carbonyl (C=O) groups excluding carboxylic acids is 4. The maximum absolute atomic E-state index is 13.2. The lowest BCUT2D eigenvalue weighted by molar-refractivity contribution is -0.164. The van der Waals surface area contributed by atoms with Crippen molar-refractivity contribution in [2.45, 2.75) is 130 Å². The summed E-state index contributed by atoms with van der Waals surface area (Å²) >= 11 is 0. The van der Waals surface area contributed by atoms with Crippen LogP contribution in [0.2, 0.25) is 0 Å². The zero-order chi connectivity index (χ0) is 33.3. The SMILES string of the molecule is COC(=O)Cc1ccc(CN(CC(=O)OC(C)(C)C)[C@@H]2CCCC[C@H]2N(CC(=O)OC(C)(C)C)CC(=O)OC(C)(C)C)cc1. The molecule has 10 nitrogen and oxygen atoms in total. The Kier molecular flexibility index (Phi) is 13.4. The van der Waals surface area contributed by atoms with E-state index in [4.69, 9.17) is 18.9 Å². The van der Waals surface area contributed by atoms with Gasteiger partial charge in [-0.25, -0.2) is 0 Å². The standard InChI is InChI=1S/C34H54N2O8/c1-32(2,3)42-29(38)21-35(20-25-17-15-24(16-18-25)19-28(37)41-10)26-13-11-12-14-27(26)36(22-30(39)43-33(4,5)6)23-31(40)44-34(7,8)9/h15-18,26-27H,11-14,19-23H2,1-10H3/t26-,27-/m1/s1. The quantitative estimate of drug-likeness (QED) is 0.238. The van der Waals surface area contributed by atoms with Crippen molar-refractivity contribution in [2.24, 2.45) is 0 Å². The first-order valence-electron chi connectivity index (χ1n) is 15.5. The fourth-order valence-corrected chi connectivity index (χ4v) is 5.38. The third-order valence-corrected chi connectivity index (χ3v) is 6.87. The highest BCUT2D eigenvalue weighted by Crippen LogP contribution is 2.29. The zero-order valence-electron chi connectivity index (χ0n) is 28.5. The summed E-state index contributed by atoms with van der Waals surface area (Å²) in [6.07, 6.45) is 3.54. The molecule has 0 saturated heterocycles. The van der Waals surface area contributed by atoms with Gasteiger partial charge in [0.2, 0.25) is 0 Å². The number of benzene rings is 1. The topological polar surface area (TPSA) is 112 Å². The molecule has 1 fully saturated rings. The van der Waals surface area contributed by atoms with Gasteiger partial charge in [-0.2, -0.15) is 0 Å². The van der Waals surface area contributed by atoms with Crippen molar-refractivity contribution in [3.05, 3.63) is 35.4 Å². The van der Waals surface area contributed by atoms with Crippen LogP contribution in [0.5, 0.6) is 0 Å². The van der Waals surface area contributed by atoms with E-state index < -0.39 is 28.7 Å². The van der Waals surface area contributed by atoms with Crippen molar-refractivity contribution < 1.29 is 38.1 Å². The van der Waals surface area contributed by atoms with Gasteiger partial charge in [0, 0.05) is 18.6 Å². The molecule has 2 rings (SSSR count). The van der Waals surface area contributed by atoms with Crippen LogP contribution in [0.1, 0.15) is 99.1 Å². The van der Waals surface area contributed by atoms with Gasteiger partial charge in [-0.3, -0.25) is 29.0 Å². The van der Waals surface area contributed by atoms with Gasteiger partial charge in [0.05, 0.1) is 33.2 Å². The summed E-state index contributed by atoms with van der Waals surface area (Å²) in [6, 6.07) is 7.27. The first-order chi connectivity index (χ1) is 20.2. The van der Waals surface area contributed by atoms with Crippen LogP contribution < -0.4 is 0 Å². The van der Waals surface area contributed by atoms with E-state index in [0.717, 1.165) is 36.8 Å². The molecular formula is C34H54N2O8. The molecule has 0 aliphatic heterocycles. The average Bonchev–Trinajstić information content (AvgIpc) is 2.85. The van der Waals surface area contributed by atoms with Crippen molar-refractivity contribution in [3.8, 4) is 0 Å². The highest BCUT2D eigenvalue weighted by atomic mass is 16.6. The summed E-state index contributed by atoms with van der Waals surface area (Å²) in [7, 11) is 1.36. The molecule has 0 amide bonds. The lowest BCUT2D eigenvalue weighted by Crippen LogP contribution is -2.57. The third kappa shape index (κ3) is 14.2. The van der Waals surface area contributed by atoms with Crippen LogP contribution in [0.3, 0.4) is 0 Å². The van der Waals surface area contributed by atoms with E-state index in [2.05, 4.69) is 4.90 Å². The number of nitrogens with zero attached hydrogens (tertiary/aromatic N) is 2. The number of carbonyl (C=O) groups is 4. The molecule has 0 unspecified atom stereocenters. The number of hydrogen-bond acceptors (Lipinski definition) is 10. The molecule has 1 aromatic rings. The second kappa shape index (κ2) is 15.8. The number of rotatable bonds is 12. The minimum absolute atomic E-state index is 0.0368. The summed E-state index contributed by atoms with van der Waals surface area (Å²) in [5.74, 6) is -1.52. The fourth-order valence-electron chi connectivity index (χ4n) is 5.38. The molecule has 0 bridgehead atoms. The molecule has 10 heteroatoms. The second-order valence-electron chi connectivity index (χ2n) is 14.6. The Labute approximate surface area is 263 Å². The number of ether oxygens (including phenoxy) is 4. The monoisotopic (exact) mass is 618 g/mol. The Balaban J connectivity index is 2.43. The van der Waals surface area contributed by atoms with Crippen LogP contribution in [0, 0.1) is 0 Å². The zero-order valence-corrected chi connectivity index (χ0v) is 28.5. The largest absolute Gasteiger partial charge is 0.469 e. The Morgan fingerprint density at radius 2 is 0.977 bits per heavy atom. The summed E-state index contributed by atoms with van der Waals surface area (Å²) < 4.78 is 21.8. The summed E-state index contributed by atoms with van der Waals surface area (Å²) in [5, 5.41) is 0. The van der Waals surface area contributed by atoms with E-state index in [0.29, 0.717) is 6.54 Å². The molecule has 0 spiro atoms. The van der Waals surface area contributed by atoms with Crippen LogP contribution in [0.25, 0.3) is 0 Å². The molecule has 1 saturated carbocycles. The van der Waals surface area contributed by atoms with E-state index in [1.807, 2.05) is 91.5 Å². The molecule has 1 aliphatic rings. The first-order valence-corrected chi connectivity index (χ1v) is 15.5. The third-order valence-electron chi connectivity index (χ3n) is 6.87. The van der Waals surface area contributed by atoms with Crippen molar-refractivity contribution in [3.63, 3.8) is 0 Å². The second-order valence-corrected chi connectivity index (χ2v) is 14.6. The minimum atomic E-state index is -0.677. The minimum Gasteiger partial charge on any atom is -0.469 e. The van der Waals surface area contributed by atoms with Gasteiger partial charge < -0.3 is 18.9 Å². The molecule has 44 heavy (non-hydrogen) atoms. The smallest absolute Gasteiger partial charge is 0.320 e. The number of methoxy groups -OCH3 is 1. The van der Waals surface area contributed by atoms with Gasteiger partial charge in [-0.05, 0) is 86.3 Å². The fraction of sp³-hybridized carbons (Fsp3) is 0.706. The molecule has 0 heterocycles. The van der Waals surface area contributed by atoms with Gasteiger partial charge in [-0.1, -0.05) is 37.1 Å². The van der Waals surface area contributed by atoms with Crippen LogP contribution in [-0.2, 0) is 51.1 Å². The Morgan fingerprint density at radius 3 is 1.36 bits per heavy atom. The Morgan fingerprint density at radius 1 is 0.614 bits per heavy atom. The number of hydrogen-bond donors (Lipinski definition) is 0. The van der Waals surface area contributed by atoms with E-state index in [1.54, 1.807) is 0 Å². The van der Waals surface area contributed by atoms with E-state index in [1.165, 1.54) is 7.11 Å². The summed E-state index contributed by atoms with van der Waals surface area (Å²) in [4.78, 5) is 55.0. The van der Waals surface area contributed by atoms with Gasteiger partial charge in [0.15, 0.2) is 0 Å². The van der Waals surface area contributed by atoms with Crippen molar-refractivity contribution >= 4 is 23.9 Å². The van der Waals surface area contributed by atoms with Gasteiger partial charge >= 0.3 is 23.9 Å². The van der Waals surface area contributed by atoms with Crippen LogP contribution in [0.4, 0.5) is 0 Å². The molecule has 248 valence electrons. The highest BCUT2D eigenvalue weighted by molar-refractivity contribution is 5.76. The predicted molar refractivity (Wildman–Crippen MR) is 168 cm³/mol. The maximum Gasteiger partial charge on any atom is 0.320 e. The van der Waals surface area contributed by atoms with E-state index in [-0.39, 0.29) is 50.1 Å². The van der Waals surface area contributed by atoms with Crippen molar-refractivity contribution in [1.29, 1.82) is 0 Å². The Bertz CT molecular complexity index is 1080. The van der Waals surface area contributed by atoms with Gasteiger partial charge in [-0.15, -0.1) is 0 Å². The van der Waals surface area contributed by atoms with E-state index >= 15 is 0 Å². The average molecular weight is 619 g/mol. The predicted octanol–water partition coefficient (Wildman–Crippen LogP) is 4.84. The molecule has 1 aliphatic carbocycles. The van der Waals surface area contributed by atoms with Crippen molar-refractivity contribution in [1.82, 2.24) is 9.80 Å². The lowest BCUT2D eigenvalue weighted by atomic mass is 9.87. The van der Waals surface area contributed by atoms with Crippen LogP contribution >= 0.6 is 0 Å². The maximum atomic E-state index is 13.2. The molecule has 0 radical (unpaired) electrons. The van der Waals surface area contributed by atoms with Gasteiger partial charge in [0.1, 0.15) is 16.8 Å². The highest BCUT2D eigenvalue weighted by Gasteiger charge is 2.38. The van der Waals surface area contributed by atoms with Gasteiger partial charge in [0.25, 0.3) is 0 Å². The Hall–Kier alpha value is -2.98. The summed E-state index contributed by atoms with van der Waals surface area (Å²) in [6.45, 7) is 16.7. The molecule has 2 atom stereocenters. The molecule has 0 N–H and O–H groups in total. The van der Waals surface area contributed by atoms with Crippen molar-refractivity contribution in [2.75, 3.05) is 26.7 Å². The van der Waals surface area contributed by atoms with E-state index in [9.17, 15) is 19.2 Å². The summed E-state index contributed by atoms with van der Waals surface area (Å²) in [5.41, 5.74) is -0.218. The lowest BCUT2D eigenvalue weighted by Gasteiger charge is -2.44. The van der Waals surface area contributed by atoms with Crippen LogP contribution in [-0.4, -0.2) is 89.3 Å². The normalized spacial score (nSPS) is 17.7. The molecule has 1 aromatic carbocycles.